The van der Waals surface area contributed by atoms with Crippen LogP contribution in [0.15, 0.2) is 0 Å². The summed E-state index contributed by atoms with van der Waals surface area (Å²) in [6.07, 6.45) is 11.9. The molecule has 0 unspecified atom stereocenters. The molecule has 0 radical (unpaired) electrons. The maximum absolute atomic E-state index is 11.9. The van der Waals surface area contributed by atoms with Crippen molar-refractivity contribution < 1.29 is 19.4 Å². The van der Waals surface area contributed by atoms with Gasteiger partial charge >= 0.3 is 5.97 Å². The molecule has 5 saturated carbocycles. The van der Waals surface area contributed by atoms with E-state index in [1.807, 2.05) is 0 Å². The molecule has 1 spiro atoms. The highest BCUT2D eigenvalue weighted by Crippen LogP contribution is 2.76. The molecule has 4 nitrogen and oxygen atoms in total. The summed E-state index contributed by atoms with van der Waals surface area (Å²) in [4.78, 5) is 11.9. The van der Waals surface area contributed by atoms with Crippen molar-refractivity contribution in [2.75, 3.05) is 0 Å². The second-order valence-corrected chi connectivity index (χ2v) is 16.3. The van der Waals surface area contributed by atoms with Gasteiger partial charge in [-0.3, -0.25) is 4.79 Å². The van der Waals surface area contributed by atoms with E-state index in [1.54, 1.807) is 6.92 Å². The lowest BCUT2D eigenvalue weighted by molar-refractivity contribution is -0.193. The van der Waals surface area contributed by atoms with Crippen molar-refractivity contribution in [3.05, 3.63) is 0 Å². The number of fused-ring (bicyclic) bond motifs is 5. The van der Waals surface area contributed by atoms with E-state index in [-0.39, 0.29) is 45.4 Å². The molecule has 0 bridgehead atoms. The average molecular weight is 501 g/mol. The lowest BCUT2D eigenvalue weighted by Crippen LogP contribution is -2.60. The van der Waals surface area contributed by atoms with Gasteiger partial charge in [0.2, 0.25) is 0 Å². The highest BCUT2D eigenvalue weighted by atomic mass is 16.6. The summed E-state index contributed by atoms with van der Waals surface area (Å²) in [6.45, 7) is 18.8. The number of epoxide rings is 1. The summed E-state index contributed by atoms with van der Waals surface area (Å²) >= 11 is 0. The van der Waals surface area contributed by atoms with Crippen molar-refractivity contribution in [3.8, 4) is 0 Å². The number of hydrogen-bond acceptors (Lipinski definition) is 4. The monoisotopic (exact) mass is 500 g/mol. The van der Waals surface area contributed by atoms with Crippen molar-refractivity contribution in [1.29, 1.82) is 0 Å². The van der Waals surface area contributed by atoms with Crippen LogP contribution in [0.4, 0.5) is 0 Å². The normalized spacial score (nSPS) is 56.5. The molecule has 1 heterocycles. The van der Waals surface area contributed by atoms with Gasteiger partial charge in [0.1, 0.15) is 6.10 Å². The summed E-state index contributed by atoms with van der Waals surface area (Å²) in [5, 5.41) is 11.0. The lowest BCUT2D eigenvalue weighted by Gasteiger charge is -2.64. The quantitative estimate of drug-likeness (QED) is 0.313. The van der Waals surface area contributed by atoms with Gasteiger partial charge in [0.25, 0.3) is 0 Å². The Morgan fingerprint density at radius 1 is 0.778 bits per heavy atom. The Balaban J connectivity index is 1.34. The topological polar surface area (TPSA) is 59.1 Å². The van der Waals surface area contributed by atoms with Crippen LogP contribution in [0, 0.1) is 50.7 Å². The first-order valence-electron chi connectivity index (χ1n) is 15.1. The smallest absolute Gasteiger partial charge is 0.302 e. The van der Waals surface area contributed by atoms with Gasteiger partial charge in [-0.1, -0.05) is 48.5 Å². The molecule has 6 aliphatic rings. The molecule has 1 N–H and O–H groups in total. The highest BCUT2D eigenvalue weighted by molar-refractivity contribution is 5.66. The van der Waals surface area contributed by atoms with E-state index in [4.69, 9.17) is 9.47 Å². The van der Waals surface area contributed by atoms with Gasteiger partial charge in [-0.15, -0.1) is 0 Å². The summed E-state index contributed by atoms with van der Waals surface area (Å²) in [5.41, 5.74) is 0.893. The van der Waals surface area contributed by atoms with Gasteiger partial charge in [0.15, 0.2) is 0 Å². The number of aliphatic hydroxyl groups excluding tert-OH is 1. The van der Waals surface area contributed by atoms with Gasteiger partial charge in [-0.2, -0.15) is 0 Å². The molecule has 6 fully saturated rings. The molecule has 5 aliphatic carbocycles. The van der Waals surface area contributed by atoms with Crippen molar-refractivity contribution >= 4 is 5.97 Å². The minimum atomic E-state index is -0.193. The molecule has 0 aromatic carbocycles. The largest absolute Gasteiger partial charge is 0.462 e. The fraction of sp³-hybridized carbons (Fsp3) is 0.969. The minimum Gasteiger partial charge on any atom is -0.462 e. The molecule has 1 saturated heterocycles. The van der Waals surface area contributed by atoms with Crippen LogP contribution >= 0.6 is 0 Å². The molecule has 1 aliphatic heterocycles. The maximum Gasteiger partial charge on any atom is 0.302 e. The Labute approximate surface area is 219 Å². The fourth-order valence-corrected chi connectivity index (χ4v) is 12.4. The first-order valence-corrected chi connectivity index (χ1v) is 15.1. The molecule has 204 valence electrons. The van der Waals surface area contributed by atoms with E-state index in [9.17, 15) is 9.90 Å². The van der Waals surface area contributed by atoms with Crippen LogP contribution in [-0.4, -0.2) is 35.0 Å². The zero-order valence-corrected chi connectivity index (χ0v) is 24.3. The number of esters is 1. The number of ether oxygens (including phenoxy) is 2. The molecule has 36 heavy (non-hydrogen) atoms. The third-order valence-corrected chi connectivity index (χ3v) is 14.0. The minimum absolute atomic E-state index is 0.0105. The SMILES string of the molecule is CC(=O)O[C@H]1CC[C@@]2(C)[C@@H](CC[C@@]3(C)C[C@@]45O[C@@H]4C[C@H]4C(C)(C)[C@@H](O)CC[C@]4(C)[C@H]5CC[C@@H]32)C1(C)C. The first kappa shape index (κ1) is 25.7. The van der Waals surface area contributed by atoms with Crippen LogP contribution in [0.1, 0.15) is 120 Å². The van der Waals surface area contributed by atoms with E-state index >= 15 is 0 Å². The second-order valence-electron chi connectivity index (χ2n) is 16.3. The van der Waals surface area contributed by atoms with E-state index in [2.05, 4.69) is 48.5 Å². The zero-order valence-electron chi connectivity index (χ0n) is 24.3. The van der Waals surface area contributed by atoms with Crippen molar-refractivity contribution in [1.82, 2.24) is 0 Å². The molecule has 0 aromatic heterocycles. The van der Waals surface area contributed by atoms with Crippen LogP contribution < -0.4 is 0 Å². The molecular formula is C32H52O4. The number of carbonyl (C=O) groups is 1. The number of aliphatic hydroxyl groups is 1. The van der Waals surface area contributed by atoms with E-state index in [0.29, 0.717) is 35.2 Å². The average Bonchev–Trinajstić information content (AvgIpc) is 3.48. The predicted octanol–water partition coefficient (Wildman–Crippen LogP) is 6.92. The fourth-order valence-electron chi connectivity index (χ4n) is 12.4. The maximum atomic E-state index is 11.9. The number of rotatable bonds is 1. The highest BCUT2D eigenvalue weighted by Gasteiger charge is 2.76. The Bertz CT molecular complexity index is 940. The number of carbonyl (C=O) groups excluding carboxylic acids is 1. The van der Waals surface area contributed by atoms with Gasteiger partial charge in [-0.05, 0) is 110 Å². The number of hydrogen-bond donors (Lipinski definition) is 1. The van der Waals surface area contributed by atoms with Crippen molar-refractivity contribution in [3.63, 3.8) is 0 Å². The van der Waals surface area contributed by atoms with Gasteiger partial charge < -0.3 is 14.6 Å². The lowest BCUT2D eigenvalue weighted by atomic mass is 9.41. The first-order chi connectivity index (χ1) is 16.6. The van der Waals surface area contributed by atoms with Crippen LogP contribution in [-0.2, 0) is 14.3 Å². The molecule has 0 amide bonds. The van der Waals surface area contributed by atoms with Crippen LogP contribution in [0.5, 0.6) is 0 Å². The third-order valence-electron chi connectivity index (χ3n) is 14.0. The van der Waals surface area contributed by atoms with E-state index in [0.717, 1.165) is 25.7 Å². The predicted molar refractivity (Wildman–Crippen MR) is 141 cm³/mol. The molecule has 6 rings (SSSR count). The molecular weight excluding hydrogens is 448 g/mol. The second kappa shape index (κ2) is 7.52. The van der Waals surface area contributed by atoms with E-state index in [1.165, 1.54) is 38.5 Å². The van der Waals surface area contributed by atoms with Gasteiger partial charge in [0, 0.05) is 12.3 Å². The Morgan fingerprint density at radius 2 is 1.42 bits per heavy atom. The van der Waals surface area contributed by atoms with Gasteiger partial charge in [0.05, 0.1) is 17.8 Å². The van der Waals surface area contributed by atoms with Gasteiger partial charge in [-0.25, -0.2) is 0 Å². The third kappa shape index (κ3) is 3.15. The van der Waals surface area contributed by atoms with Crippen molar-refractivity contribution in [2.45, 2.75) is 144 Å². The van der Waals surface area contributed by atoms with Crippen LogP contribution in [0.3, 0.4) is 0 Å². The summed E-state index contributed by atoms with van der Waals surface area (Å²) in [7, 11) is 0. The Hall–Kier alpha value is -0.610. The molecule has 4 heteroatoms. The Morgan fingerprint density at radius 3 is 2.11 bits per heavy atom. The Kier molecular flexibility index (Phi) is 5.36. The van der Waals surface area contributed by atoms with Crippen molar-refractivity contribution in [2.24, 2.45) is 50.7 Å². The van der Waals surface area contributed by atoms with Crippen LogP contribution in [0.25, 0.3) is 0 Å². The van der Waals surface area contributed by atoms with Crippen LogP contribution in [0.2, 0.25) is 0 Å². The summed E-state index contributed by atoms with van der Waals surface area (Å²) in [5.74, 6) is 2.29. The van der Waals surface area contributed by atoms with E-state index < -0.39 is 0 Å². The standard InChI is InChI=1S/C32H52O4/c1-19(33)35-25-13-16-30(7)20(28(25,4)5)11-14-29(6)18-32-22(10-9-21(29)30)31(8)15-12-24(34)27(2,3)23(31)17-26(32)36-32/h20-26,34H,9-18H2,1-8H3/t20-,21-,22+,23-,24-,25-,26+,29-,30-,31+,32-/m0/s1. The summed E-state index contributed by atoms with van der Waals surface area (Å²) < 4.78 is 12.8. The summed E-state index contributed by atoms with van der Waals surface area (Å²) in [6, 6.07) is 0. The zero-order chi connectivity index (χ0) is 26.1. The molecule has 0 aromatic rings. The molecule has 11 atom stereocenters.